The third-order valence-corrected chi connectivity index (χ3v) is 1.89. The first kappa shape index (κ1) is 8.19. The van der Waals surface area contributed by atoms with Crippen molar-refractivity contribution < 1.29 is 4.39 Å². The maximum atomic E-state index is 12.4. The Kier molecular flexibility index (Phi) is 2.45. The molecule has 2 radical (unpaired) electrons. The van der Waals surface area contributed by atoms with Crippen molar-refractivity contribution in [1.29, 1.82) is 0 Å². The topological polar surface area (TPSA) is 12.9 Å². The normalized spacial score (nSPS) is 10.0. The van der Waals surface area contributed by atoms with Crippen molar-refractivity contribution in [3.05, 3.63) is 22.1 Å². The molecule has 1 aromatic heterocycles. The first-order valence-corrected chi connectivity index (χ1v) is 3.52. The highest BCUT2D eigenvalue weighted by atomic mass is 35.5. The molecule has 0 bridgehead atoms. The summed E-state index contributed by atoms with van der Waals surface area (Å²) >= 11 is 10.8. The summed E-state index contributed by atoms with van der Waals surface area (Å²) in [5.41, 5.74) is 0.142. The average molecular weight is 196 g/mol. The molecule has 1 heterocycles. The van der Waals surface area contributed by atoms with E-state index >= 15 is 0 Å². The van der Waals surface area contributed by atoms with Crippen LogP contribution in [0.2, 0.25) is 10.0 Å². The van der Waals surface area contributed by atoms with Crippen LogP contribution >= 0.6 is 32.4 Å². The number of aromatic nitrogens is 1. The third kappa shape index (κ3) is 1.57. The van der Waals surface area contributed by atoms with Crippen LogP contribution in [0.25, 0.3) is 0 Å². The van der Waals surface area contributed by atoms with E-state index in [1.165, 1.54) is 6.07 Å². The summed E-state index contributed by atoms with van der Waals surface area (Å²) in [7, 11) is 3.77. The van der Waals surface area contributed by atoms with Crippen LogP contribution in [0.4, 0.5) is 4.39 Å². The van der Waals surface area contributed by atoms with E-state index in [1.54, 1.807) is 0 Å². The second kappa shape index (κ2) is 3.00. The highest BCUT2D eigenvalue weighted by Crippen LogP contribution is 2.16. The molecule has 52 valence electrons. The second-order valence-corrected chi connectivity index (χ2v) is 2.80. The Morgan fingerprint density at radius 3 is 2.50 bits per heavy atom. The van der Waals surface area contributed by atoms with E-state index in [9.17, 15) is 4.39 Å². The first-order valence-electron chi connectivity index (χ1n) is 2.32. The molecule has 1 rings (SSSR count). The Labute approximate surface area is 69.8 Å². The molecule has 0 saturated heterocycles. The first-order chi connectivity index (χ1) is 4.61. The van der Waals surface area contributed by atoms with Crippen LogP contribution in [-0.4, -0.2) is 4.98 Å². The predicted octanol–water partition coefficient (Wildman–Crippen LogP) is 2.56. The number of pyridine rings is 1. The molecule has 1 aromatic rings. The highest BCUT2D eigenvalue weighted by molar-refractivity contribution is 7.27. The van der Waals surface area contributed by atoms with Crippen molar-refractivity contribution in [3.8, 4) is 0 Å². The number of hydrogen-bond acceptors (Lipinski definition) is 1. The van der Waals surface area contributed by atoms with E-state index < -0.39 is 5.95 Å². The lowest BCUT2D eigenvalue weighted by molar-refractivity contribution is 0.588. The number of halogens is 3. The number of hydrogen-bond donors (Lipinski definition) is 0. The van der Waals surface area contributed by atoms with Gasteiger partial charge in [0.25, 0.3) is 0 Å². The van der Waals surface area contributed by atoms with Gasteiger partial charge >= 0.3 is 0 Å². The molecule has 0 aliphatic rings. The number of nitrogens with zero attached hydrogens (tertiary/aromatic N) is 1. The van der Waals surface area contributed by atoms with Crippen molar-refractivity contribution in [1.82, 2.24) is 4.98 Å². The summed E-state index contributed by atoms with van der Waals surface area (Å²) in [6.45, 7) is 0. The molecule has 0 unspecified atom stereocenters. The minimum atomic E-state index is -0.754. The van der Waals surface area contributed by atoms with Gasteiger partial charge in [-0.2, -0.15) is 4.39 Å². The highest BCUT2D eigenvalue weighted by Gasteiger charge is 2.04. The lowest BCUT2D eigenvalue weighted by atomic mass is 10.5. The summed E-state index contributed by atoms with van der Waals surface area (Å²) in [5, 5.41) is 0.150. The van der Waals surface area contributed by atoms with E-state index in [0.29, 0.717) is 0 Å². The van der Waals surface area contributed by atoms with Crippen molar-refractivity contribution in [2.75, 3.05) is 0 Å². The predicted molar refractivity (Wildman–Crippen MR) is 40.8 cm³/mol. The molecule has 0 aliphatic carbocycles. The smallest absolute Gasteiger partial charge is 0.216 e. The summed E-state index contributed by atoms with van der Waals surface area (Å²) in [6, 6.07) is 1.26. The Bertz CT molecular complexity index is 216. The molecule has 5 heteroatoms. The van der Waals surface area contributed by atoms with E-state index in [-0.39, 0.29) is 15.5 Å². The van der Waals surface area contributed by atoms with Crippen LogP contribution in [0.5, 0.6) is 0 Å². The van der Waals surface area contributed by atoms with Crippen LogP contribution in [0, 0.1) is 5.95 Å². The summed E-state index contributed by atoms with van der Waals surface area (Å²) in [6.07, 6.45) is 0. The van der Waals surface area contributed by atoms with Gasteiger partial charge in [0.1, 0.15) is 0 Å². The summed E-state index contributed by atoms with van der Waals surface area (Å²) < 4.78 is 12.4. The largest absolute Gasteiger partial charge is 0.232 e. The quantitative estimate of drug-likeness (QED) is 0.458. The zero-order valence-corrected chi connectivity index (χ0v) is 7.01. The van der Waals surface area contributed by atoms with Crippen LogP contribution in [0.15, 0.2) is 6.07 Å². The lowest BCUT2D eigenvalue weighted by Gasteiger charge is -1.95. The molecule has 1 nitrogen and oxygen atoms in total. The third-order valence-electron chi connectivity index (χ3n) is 0.868. The molecule has 0 saturated carbocycles. The van der Waals surface area contributed by atoms with Crippen molar-refractivity contribution in [2.24, 2.45) is 0 Å². The standard InChI is InChI=1S/C5HCl2FNP/c6-2-1-3(7)5(10)9-4(2)8/h1H. The molecule has 0 amide bonds. The van der Waals surface area contributed by atoms with Gasteiger partial charge in [0.05, 0.1) is 15.5 Å². The molecule has 0 spiro atoms. The van der Waals surface area contributed by atoms with Gasteiger partial charge in [-0.3, -0.25) is 0 Å². The maximum Gasteiger partial charge on any atom is 0.232 e. The zero-order valence-electron chi connectivity index (χ0n) is 4.61. The molecular weight excluding hydrogens is 195 g/mol. The van der Waals surface area contributed by atoms with Gasteiger partial charge in [0.2, 0.25) is 5.95 Å². The Morgan fingerprint density at radius 1 is 1.40 bits per heavy atom. The molecule has 10 heavy (non-hydrogen) atoms. The molecule has 0 aromatic carbocycles. The van der Waals surface area contributed by atoms with Crippen LogP contribution in [-0.2, 0) is 0 Å². The average Bonchev–Trinajstić information content (AvgIpc) is 1.84. The van der Waals surface area contributed by atoms with Crippen LogP contribution in [0.3, 0.4) is 0 Å². The van der Waals surface area contributed by atoms with E-state index in [4.69, 9.17) is 23.2 Å². The Hall–Kier alpha value is 0.0900. The van der Waals surface area contributed by atoms with Gasteiger partial charge in [-0.05, 0) is 6.07 Å². The summed E-state index contributed by atoms with van der Waals surface area (Å²) in [4.78, 5) is 3.31. The van der Waals surface area contributed by atoms with Gasteiger partial charge in [-0.15, -0.1) is 0 Å². The van der Waals surface area contributed by atoms with E-state index in [1.807, 2.05) is 0 Å². The number of rotatable bonds is 0. The molecular formula is C5HCl2FNP. The van der Waals surface area contributed by atoms with Crippen molar-refractivity contribution >= 4 is 37.9 Å². The van der Waals surface area contributed by atoms with Crippen molar-refractivity contribution in [3.63, 3.8) is 0 Å². The summed E-state index contributed by atoms with van der Waals surface area (Å²) in [5.74, 6) is -0.754. The van der Waals surface area contributed by atoms with Gasteiger partial charge in [0.15, 0.2) is 0 Å². The SMILES string of the molecule is Fc1nc([P])c(Cl)cc1Cl. The lowest BCUT2D eigenvalue weighted by Crippen LogP contribution is -2.02. The second-order valence-electron chi connectivity index (χ2n) is 1.57. The maximum absolute atomic E-state index is 12.4. The van der Waals surface area contributed by atoms with Gasteiger partial charge in [-0.1, -0.05) is 23.2 Å². The van der Waals surface area contributed by atoms with E-state index in [0.717, 1.165) is 0 Å². The fourth-order valence-corrected chi connectivity index (χ4v) is 0.946. The van der Waals surface area contributed by atoms with Crippen molar-refractivity contribution in [2.45, 2.75) is 0 Å². The monoisotopic (exact) mass is 195 g/mol. The Balaban J connectivity index is 3.28. The minimum Gasteiger partial charge on any atom is -0.216 e. The fraction of sp³-hybridized carbons (Fsp3) is 0. The van der Waals surface area contributed by atoms with Gasteiger partial charge in [-0.25, -0.2) is 4.98 Å². The fourth-order valence-electron chi connectivity index (χ4n) is 0.435. The molecule has 0 N–H and O–H groups in total. The van der Waals surface area contributed by atoms with Crippen LogP contribution < -0.4 is 5.44 Å². The molecule has 0 atom stereocenters. The van der Waals surface area contributed by atoms with Crippen LogP contribution in [0.1, 0.15) is 0 Å². The van der Waals surface area contributed by atoms with E-state index in [2.05, 4.69) is 14.2 Å². The molecule has 0 fully saturated rings. The van der Waals surface area contributed by atoms with Gasteiger partial charge < -0.3 is 0 Å². The minimum absolute atomic E-state index is 0.0946. The van der Waals surface area contributed by atoms with Gasteiger partial charge in [0, 0.05) is 9.24 Å². The molecule has 0 aliphatic heterocycles. The zero-order chi connectivity index (χ0) is 7.72. The Morgan fingerprint density at radius 2 is 2.00 bits per heavy atom.